The molecule has 1 atom stereocenters. The molecule has 2 aromatic carbocycles. The van der Waals surface area contributed by atoms with E-state index in [4.69, 9.17) is 4.74 Å². The maximum atomic E-state index is 13.2. The number of nitrogens with zero attached hydrogens (tertiary/aromatic N) is 2. The van der Waals surface area contributed by atoms with Gasteiger partial charge in [0.25, 0.3) is 5.91 Å². The third-order valence-electron chi connectivity index (χ3n) is 6.41. The quantitative estimate of drug-likeness (QED) is 0.553. The van der Waals surface area contributed by atoms with Crippen LogP contribution in [0.15, 0.2) is 65.7 Å². The molecular formula is C27H27N3O3S. The van der Waals surface area contributed by atoms with Crippen LogP contribution >= 0.6 is 11.8 Å². The molecule has 0 spiro atoms. The van der Waals surface area contributed by atoms with Crippen LogP contribution in [0.25, 0.3) is 0 Å². The molecule has 0 fully saturated rings. The zero-order valence-corrected chi connectivity index (χ0v) is 19.9. The fraction of sp³-hybridized carbons (Fsp3) is 0.296. The molecule has 3 aromatic rings. The Hall–Kier alpha value is -3.32. The number of ether oxygens (including phenoxy) is 1. The number of thioether (sulfide) groups is 1. The first-order valence-corrected chi connectivity index (χ1v) is 12.5. The molecule has 2 aliphatic heterocycles. The molecule has 5 rings (SSSR count). The van der Waals surface area contributed by atoms with Crippen LogP contribution in [0, 0.1) is 6.92 Å². The van der Waals surface area contributed by atoms with Gasteiger partial charge in [0.15, 0.2) is 6.10 Å². The van der Waals surface area contributed by atoms with Gasteiger partial charge < -0.3 is 15.0 Å². The van der Waals surface area contributed by atoms with E-state index < -0.39 is 6.10 Å². The van der Waals surface area contributed by atoms with Gasteiger partial charge in [-0.05, 0) is 53.8 Å². The monoisotopic (exact) mass is 473 g/mol. The van der Waals surface area contributed by atoms with Crippen LogP contribution < -0.4 is 10.1 Å². The van der Waals surface area contributed by atoms with Crippen molar-refractivity contribution >= 4 is 23.6 Å². The van der Waals surface area contributed by atoms with Crippen molar-refractivity contribution in [2.24, 2.45) is 0 Å². The van der Waals surface area contributed by atoms with Crippen molar-refractivity contribution < 1.29 is 14.3 Å². The van der Waals surface area contributed by atoms with Crippen molar-refractivity contribution in [3.05, 3.63) is 88.7 Å². The Bertz CT molecular complexity index is 1190. The highest BCUT2D eigenvalue weighted by Gasteiger charge is 2.34. The minimum Gasteiger partial charge on any atom is -0.480 e. The average molecular weight is 474 g/mol. The minimum absolute atomic E-state index is 0.00332. The van der Waals surface area contributed by atoms with Gasteiger partial charge in [-0.1, -0.05) is 36.4 Å². The zero-order valence-electron chi connectivity index (χ0n) is 19.1. The molecule has 3 heterocycles. The van der Waals surface area contributed by atoms with E-state index in [1.165, 1.54) is 17.3 Å². The summed E-state index contributed by atoms with van der Waals surface area (Å²) in [5.41, 5.74) is 5.31. The lowest BCUT2D eigenvalue weighted by Gasteiger charge is -2.32. The fourth-order valence-corrected chi connectivity index (χ4v) is 5.32. The number of hydrogen-bond acceptors (Lipinski definition) is 5. The van der Waals surface area contributed by atoms with E-state index in [2.05, 4.69) is 10.3 Å². The first kappa shape index (κ1) is 22.5. The molecule has 6 nitrogen and oxygen atoms in total. The number of hydrogen-bond donors (Lipinski definition) is 1. The van der Waals surface area contributed by atoms with Crippen LogP contribution in [0.5, 0.6) is 5.75 Å². The maximum absolute atomic E-state index is 13.2. The van der Waals surface area contributed by atoms with E-state index in [0.717, 1.165) is 39.5 Å². The largest absolute Gasteiger partial charge is 0.480 e. The normalized spacial score (nSPS) is 16.4. The molecule has 0 saturated heterocycles. The summed E-state index contributed by atoms with van der Waals surface area (Å²) in [6.45, 7) is 3.57. The third kappa shape index (κ3) is 4.80. The highest BCUT2D eigenvalue weighted by atomic mass is 32.2. The average Bonchev–Trinajstić information content (AvgIpc) is 3.31. The number of nitrogens with one attached hydrogen (secondary N) is 1. The highest BCUT2D eigenvalue weighted by Crippen LogP contribution is 2.31. The number of aryl methyl sites for hydroxylation is 1. The summed E-state index contributed by atoms with van der Waals surface area (Å²) in [6.07, 6.45) is 2.76. The smallest absolute Gasteiger partial charge is 0.264 e. The SMILES string of the molecule is Cc1ncc2c(c1CNC(=O)CSc1ccccc1)CCN(C(=O)C1Cc3ccccc3O1)C2. The Balaban J connectivity index is 1.21. The summed E-state index contributed by atoms with van der Waals surface area (Å²) < 4.78 is 5.92. The summed E-state index contributed by atoms with van der Waals surface area (Å²) in [5.74, 6) is 1.20. The molecule has 1 N–H and O–H groups in total. The van der Waals surface area contributed by atoms with E-state index >= 15 is 0 Å². The number of rotatable bonds is 6. The van der Waals surface area contributed by atoms with Gasteiger partial charge in [-0.3, -0.25) is 14.6 Å². The Labute approximate surface area is 203 Å². The van der Waals surface area contributed by atoms with Crippen LogP contribution in [0.4, 0.5) is 0 Å². The van der Waals surface area contributed by atoms with Crippen LogP contribution in [0.1, 0.15) is 27.9 Å². The topological polar surface area (TPSA) is 71.5 Å². The molecule has 0 saturated carbocycles. The van der Waals surface area contributed by atoms with Gasteiger partial charge in [0.2, 0.25) is 5.91 Å². The van der Waals surface area contributed by atoms with Gasteiger partial charge >= 0.3 is 0 Å². The Morgan fingerprint density at radius 3 is 2.74 bits per heavy atom. The molecule has 0 bridgehead atoms. The molecule has 2 aliphatic rings. The summed E-state index contributed by atoms with van der Waals surface area (Å²) in [5, 5.41) is 3.05. The lowest BCUT2D eigenvalue weighted by atomic mass is 9.94. The van der Waals surface area contributed by atoms with Crippen molar-refractivity contribution in [1.82, 2.24) is 15.2 Å². The molecule has 7 heteroatoms. The van der Waals surface area contributed by atoms with Crippen LogP contribution in [0.2, 0.25) is 0 Å². The fourth-order valence-electron chi connectivity index (χ4n) is 4.57. The lowest BCUT2D eigenvalue weighted by molar-refractivity contribution is -0.138. The molecule has 0 radical (unpaired) electrons. The van der Waals surface area contributed by atoms with Crippen LogP contribution in [-0.4, -0.2) is 40.1 Å². The maximum Gasteiger partial charge on any atom is 0.264 e. The van der Waals surface area contributed by atoms with Gasteiger partial charge in [-0.2, -0.15) is 0 Å². The number of para-hydroxylation sites is 1. The van der Waals surface area contributed by atoms with Crippen molar-refractivity contribution in [2.45, 2.75) is 43.9 Å². The van der Waals surface area contributed by atoms with Crippen molar-refractivity contribution in [2.75, 3.05) is 12.3 Å². The van der Waals surface area contributed by atoms with Crippen molar-refractivity contribution in [1.29, 1.82) is 0 Å². The molecule has 0 aliphatic carbocycles. The predicted molar refractivity (Wildman–Crippen MR) is 132 cm³/mol. The Morgan fingerprint density at radius 2 is 1.91 bits per heavy atom. The number of carbonyl (C=O) groups excluding carboxylic acids is 2. The summed E-state index contributed by atoms with van der Waals surface area (Å²) >= 11 is 1.52. The first-order valence-electron chi connectivity index (χ1n) is 11.5. The lowest BCUT2D eigenvalue weighted by Crippen LogP contribution is -2.44. The van der Waals surface area contributed by atoms with E-state index in [1.54, 1.807) is 0 Å². The molecule has 1 unspecified atom stereocenters. The second-order valence-electron chi connectivity index (χ2n) is 8.63. The number of carbonyl (C=O) groups is 2. The second kappa shape index (κ2) is 9.89. The standard InChI is InChI=1S/C27H27N3O3S/c1-18-23(15-29-26(31)17-34-21-8-3-2-4-9-21)22-11-12-30(16-20(22)14-28-18)27(32)25-13-19-7-5-6-10-24(19)33-25/h2-10,14,25H,11-13,15-17H2,1H3,(H,29,31). The first-order chi connectivity index (χ1) is 16.6. The minimum atomic E-state index is -0.460. The number of fused-ring (bicyclic) bond motifs is 2. The van der Waals surface area contributed by atoms with Gasteiger partial charge in [0, 0.05) is 42.8 Å². The highest BCUT2D eigenvalue weighted by molar-refractivity contribution is 8.00. The molecule has 174 valence electrons. The van der Waals surface area contributed by atoms with Gasteiger partial charge in [0.1, 0.15) is 5.75 Å². The molecule has 2 amide bonds. The van der Waals surface area contributed by atoms with E-state index in [0.29, 0.717) is 31.8 Å². The number of amides is 2. The van der Waals surface area contributed by atoms with E-state index in [9.17, 15) is 9.59 Å². The van der Waals surface area contributed by atoms with Crippen LogP contribution in [-0.2, 0) is 35.5 Å². The van der Waals surface area contributed by atoms with Crippen molar-refractivity contribution in [3.63, 3.8) is 0 Å². The summed E-state index contributed by atoms with van der Waals surface area (Å²) in [4.78, 5) is 33.1. The second-order valence-corrected chi connectivity index (χ2v) is 9.68. The van der Waals surface area contributed by atoms with Gasteiger partial charge in [-0.25, -0.2) is 0 Å². The van der Waals surface area contributed by atoms with E-state index in [1.807, 2.05) is 72.6 Å². The molecule has 34 heavy (non-hydrogen) atoms. The van der Waals surface area contributed by atoms with Gasteiger partial charge in [0.05, 0.1) is 5.75 Å². The predicted octanol–water partition coefficient (Wildman–Crippen LogP) is 3.69. The third-order valence-corrected chi connectivity index (χ3v) is 7.42. The molecular weight excluding hydrogens is 446 g/mol. The Morgan fingerprint density at radius 1 is 1.12 bits per heavy atom. The molecule has 1 aromatic heterocycles. The van der Waals surface area contributed by atoms with Gasteiger partial charge in [-0.15, -0.1) is 11.8 Å². The van der Waals surface area contributed by atoms with Crippen LogP contribution in [0.3, 0.4) is 0 Å². The van der Waals surface area contributed by atoms with E-state index in [-0.39, 0.29) is 11.8 Å². The summed E-state index contributed by atoms with van der Waals surface area (Å²) in [6, 6.07) is 17.7. The van der Waals surface area contributed by atoms with Crippen molar-refractivity contribution in [3.8, 4) is 5.75 Å². The Kier molecular flexibility index (Phi) is 6.54. The number of pyridine rings is 1. The number of aromatic nitrogens is 1. The summed E-state index contributed by atoms with van der Waals surface area (Å²) in [7, 11) is 0. The zero-order chi connectivity index (χ0) is 23.5. The number of benzene rings is 2.